The molecule has 0 rings (SSSR count). The predicted octanol–water partition coefficient (Wildman–Crippen LogP) is 2.84. The fourth-order valence-corrected chi connectivity index (χ4v) is 1.49. The highest BCUT2D eigenvalue weighted by Crippen LogP contribution is 2.14. The summed E-state index contributed by atoms with van der Waals surface area (Å²) in [7, 11) is 1.76. The van der Waals surface area contributed by atoms with Crippen LogP contribution >= 0.6 is 0 Å². The molecule has 0 saturated carbocycles. The minimum absolute atomic E-state index is 0.187. The Bertz CT molecular complexity index is 181. The van der Waals surface area contributed by atoms with Crippen LogP contribution in [-0.4, -0.2) is 38.5 Å². The van der Waals surface area contributed by atoms with Crippen LogP contribution in [-0.2, 0) is 9.47 Å². The van der Waals surface area contributed by atoms with E-state index in [-0.39, 0.29) is 11.6 Å². The first-order valence-electron chi connectivity index (χ1n) is 6.80. The van der Waals surface area contributed by atoms with E-state index in [9.17, 15) is 0 Å². The Kier molecular flexibility index (Phi) is 8.83. The summed E-state index contributed by atoms with van der Waals surface area (Å²) in [5, 5.41) is 3.50. The van der Waals surface area contributed by atoms with Gasteiger partial charge >= 0.3 is 0 Å². The van der Waals surface area contributed by atoms with Crippen molar-refractivity contribution in [3.05, 3.63) is 0 Å². The molecule has 3 heteroatoms. The number of hydrogen-bond acceptors (Lipinski definition) is 3. The first-order chi connectivity index (χ1) is 7.94. The van der Waals surface area contributed by atoms with Gasteiger partial charge in [-0.05, 0) is 39.2 Å². The summed E-state index contributed by atoms with van der Waals surface area (Å²) in [5.41, 5.74) is -0.187. The molecular weight excluding hydrogens is 214 g/mol. The van der Waals surface area contributed by atoms with Crippen LogP contribution in [0, 0.1) is 5.92 Å². The van der Waals surface area contributed by atoms with Crippen LogP contribution in [0.1, 0.15) is 47.5 Å². The van der Waals surface area contributed by atoms with Gasteiger partial charge in [0.2, 0.25) is 0 Å². The molecule has 0 amide bonds. The van der Waals surface area contributed by atoms with Crippen LogP contribution in [0.5, 0.6) is 0 Å². The maximum Gasteiger partial charge on any atom is 0.0797 e. The lowest BCUT2D eigenvalue weighted by Crippen LogP contribution is -2.51. The zero-order valence-corrected chi connectivity index (χ0v) is 12.5. The van der Waals surface area contributed by atoms with Gasteiger partial charge in [0.1, 0.15) is 0 Å². The van der Waals surface area contributed by atoms with Gasteiger partial charge in [0.15, 0.2) is 0 Å². The summed E-state index contributed by atoms with van der Waals surface area (Å²) in [5.74, 6) is 0.701. The lowest BCUT2D eigenvalue weighted by Gasteiger charge is -2.33. The largest absolute Gasteiger partial charge is 0.380 e. The molecule has 1 atom stereocenters. The van der Waals surface area contributed by atoms with E-state index in [1.807, 2.05) is 0 Å². The smallest absolute Gasteiger partial charge is 0.0797 e. The third kappa shape index (κ3) is 7.74. The Hall–Kier alpha value is -0.120. The quantitative estimate of drug-likeness (QED) is 0.600. The summed E-state index contributed by atoms with van der Waals surface area (Å²) < 4.78 is 11.3. The molecule has 0 radical (unpaired) electrons. The van der Waals surface area contributed by atoms with E-state index >= 15 is 0 Å². The van der Waals surface area contributed by atoms with Gasteiger partial charge in [-0.3, -0.25) is 0 Å². The first-order valence-corrected chi connectivity index (χ1v) is 6.80. The summed E-state index contributed by atoms with van der Waals surface area (Å²) >= 11 is 0. The number of ether oxygens (including phenoxy) is 2. The van der Waals surface area contributed by atoms with Crippen molar-refractivity contribution in [1.29, 1.82) is 0 Å². The highest BCUT2D eigenvalue weighted by atomic mass is 16.5. The van der Waals surface area contributed by atoms with E-state index in [0.717, 1.165) is 26.0 Å². The highest BCUT2D eigenvalue weighted by molar-refractivity contribution is 4.85. The second-order valence-corrected chi connectivity index (χ2v) is 5.57. The molecule has 3 nitrogen and oxygen atoms in total. The van der Waals surface area contributed by atoms with Crippen molar-refractivity contribution in [2.24, 2.45) is 5.92 Å². The minimum atomic E-state index is -0.187. The molecule has 0 bridgehead atoms. The number of methoxy groups -OCH3 is 1. The van der Waals surface area contributed by atoms with Crippen LogP contribution in [0.4, 0.5) is 0 Å². The van der Waals surface area contributed by atoms with Gasteiger partial charge < -0.3 is 14.8 Å². The van der Waals surface area contributed by atoms with Gasteiger partial charge in [-0.25, -0.2) is 0 Å². The van der Waals surface area contributed by atoms with Crippen LogP contribution in [0.3, 0.4) is 0 Å². The van der Waals surface area contributed by atoms with Crippen LogP contribution in [0.25, 0.3) is 0 Å². The van der Waals surface area contributed by atoms with Gasteiger partial charge in [-0.2, -0.15) is 0 Å². The Morgan fingerprint density at radius 3 is 2.35 bits per heavy atom. The van der Waals surface area contributed by atoms with E-state index in [4.69, 9.17) is 9.47 Å². The lowest BCUT2D eigenvalue weighted by atomic mass is 9.99. The van der Waals surface area contributed by atoms with Gasteiger partial charge in [-0.15, -0.1) is 0 Å². The third-order valence-electron chi connectivity index (χ3n) is 3.13. The van der Waals surface area contributed by atoms with E-state index in [2.05, 4.69) is 39.9 Å². The minimum Gasteiger partial charge on any atom is -0.380 e. The van der Waals surface area contributed by atoms with Crippen LogP contribution in [0.2, 0.25) is 0 Å². The monoisotopic (exact) mass is 245 g/mol. The number of rotatable bonds is 10. The molecule has 0 aliphatic heterocycles. The lowest BCUT2D eigenvalue weighted by molar-refractivity contribution is -0.0395. The predicted molar refractivity (Wildman–Crippen MR) is 73.4 cm³/mol. The average molecular weight is 245 g/mol. The van der Waals surface area contributed by atoms with Crippen molar-refractivity contribution in [2.45, 2.75) is 59.1 Å². The van der Waals surface area contributed by atoms with Crippen molar-refractivity contribution in [3.8, 4) is 0 Å². The molecule has 0 aliphatic rings. The summed E-state index contributed by atoms with van der Waals surface area (Å²) in [4.78, 5) is 0. The van der Waals surface area contributed by atoms with Gasteiger partial charge in [0, 0.05) is 13.7 Å². The molecule has 0 spiro atoms. The third-order valence-corrected chi connectivity index (χ3v) is 3.13. The normalized spacial score (nSPS) is 14.3. The Balaban J connectivity index is 4.02. The summed E-state index contributed by atoms with van der Waals surface area (Å²) in [6, 6.07) is 0.250. The zero-order chi connectivity index (χ0) is 13.3. The van der Waals surface area contributed by atoms with E-state index in [1.54, 1.807) is 7.11 Å². The maximum absolute atomic E-state index is 5.75. The van der Waals surface area contributed by atoms with Crippen molar-refractivity contribution >= 4 is 0 Å². The van der Waals surface area contributed by atoms with Crippen molar-refractivity contribution in [1.82, 2.24) is 5.32 Å². The highest BCUT2D eigenvalue weighted by Gasteiger charge is 2.28. The molecule has 0 saturated heterocycles. The van der Waals surface area contributed by atoms with Gasteiger partial charge in [0.25, 0.3) is 0 Å². The molecule has 0 aromatic carbocycles. The van der Waals surface area contributed by atoms with Crippen LogP contribution < -0.4 is 5.32 Å². The second kappa shape index (κ2) is 8.90. The molecular formula is C14H31NO2. The summed E-state index contributed by atoms with van der Waals surface area (Å²) in [6.07, 6.45) is 2.25. The Labute approximate surface area is 107 Å². The van der Waals surface area contributed by atoms with E-state index in [1.165, 1.54) is 0 Å². The topological polar surface area (TPSA) is 30.5 Å². The van der Waals surface area contributed by atoms with Crippen LogP contribution in [0.15, 0.2) is 0 Å². The van der Waals surface area contributed by atoms with Gasteiger partial charge in [-0.1, -0.05) is 20.8 Å². The molecule has 0 aliphatic carbocycles. The average Bonchev–Trinajstić information content (AvgIpc) is 2.27. The molecule has 104 valence electrons. The van der Waals surface area contributed by atoms with Crippen molar-refractivity contribution in [2.75, 3.05) is 26.9 Å². The number of hydrogen-bond donors (Lipinski definition) is 1. The summed E-state index contributed by atoms with van der Waals surface area (Å²) in [6.45, 7) is 13.4. The van der Waals surface area contributed by atoms with E-state index < -0.39 is 0 Å². The Morgan fingerprint density at radius 1 is 1.24 bits per heavy atom. The second-order valence-electron chi connectivity index (χ2n) is 5.57. The van der Waals surface area contributed by atoms with Crippen molar-refractivity contribution < 1.29 is 9.47 Å². The van der Waals surface area contributed by atoms with Gasteiger partial charge in [0.05, 0.1) is 18.2 Å². The Morgan fingerprint density at radius 2 is 1.88 bits per heavy atom. The molecule has 1 N–H and O–H groups in total. The fraction of sp³-hybridized carbons (Fsp3) is 1.00. The molecule has 17 heavy (non-hydrogen) atoms. The SMILES string of the molecule is CCCNC(COCCC(C)C)C(C)(C)OC. The first kappa shape index (κ1) is 16.9. The van der Waals surface area contributed by atoms with E-state index in [0.29, 0.717) is 12.5 Å². The molecule has 1 unspecified atom stereocenters. The molecule has 0 aromatic heterocycles. The molecule has 0 aromatic rings. The van der Waals surface area contributed by atoms with Crippen molar-refractivity contribution in [3.63, 3.8) is 0 Å². The number of nitrogens with one attached hydrogen (secondary N) is 1. The fourth-order valence-electron chi connectivity index (χ4n) is 1.49. The standard InChI is InChI=1S/C14H31NO2/c1-7-9-15-13(14(4,5)16-6)11-17-10-8-12(2)3/h12-13,15H,7-11H2,1-6H3. The zero-order valence-electron chi connectivity index (χ0n) is 12.5. The molecule has 0 fully saturated rings. The maximum atomic E-state index is 5.75. The molecule has 0 heterocycles.